The number of rotatable bonds is 8. The Labute approximate surface area is 129 Å². The van der Waals surface area contributed by atoms with Crippen LogP contribution in [0.5, 0.6) is 0 Å². The number of anilines is 1. The summed E-state index contributed by atoms with van der Waals surface area (Å²) in [6, 6.07) is 7.12. The molecule has 1 N–H and O–H groups in total. The van der Waals surface area contributed by atoms with Crippen LogP contribution >= 0.6 is 0 Å². The van der Waals surface area contributed by atoms with Gasteiger partial charge in [0.25, 0.3) is 0 Å². The summed E-state index contributed by atoms with van der Waals surface area (Å²) in [5.74, 6) is 0.608. The lowest BCUT2D eigenvalue weighted by Crippen LogP contribution is -2.32. The lowest BCUT2D eigenvalue weighted by atomic mass is 10.2. The SMILES string of the molecule is CC(C)CNCCN(C)c1ccccc1S(=O)(=O)N(C)C. The van der Waals surface area contributed by atoms with Gasteiger partial charge in [0.05, 0.1) is 5.69 Å². The Balaban J connectivity index is 2.84. The second-order valence-electron chi connectivity index (χ2n) is 5.77. The summed E-state index contributed by atoms with van der Waals surface area (Å²) < 4.78 is 26.0. The Kier molecular flexibility index (Phi) is 6.64. The van der Waals surface area contributed by atoms with Gasteiger partial charge in [-0.25, -0.2) is 12.7 Å². The minimum absolute atomic E-state index is 0.348. The van der Waals surface area contributed by atoms with Crippen molar-refractivity contribution in [2.75, 3.05) is 45.7 Å². The monoisotopic (exact) mass is 313 g/mol. The smallest absolute Gasteiger partial charge is 0.244 e. The first-order valence-electron chi connectivity index (χ1n) is 7.20. The van der Waals surface area contributed by atoms with Gasteiger partial charge in [-0.15, -0.1) is 0 Å². The molecular weight excluding hydrogens is 286 g/mol. The number of hydrogen-bond acceptors (Lipinski definition) is 4. The van der Waals surface area contributed by atoms with Crippen molar-refractivity contribution in [1.29, 1.82) is 0 Å². The van der Waals surface area contributed by atoms with Crippen molar-refractivity contribution in [3.63, 3.8) is 0 Å². The van der Waals surface area contributed by atoms with E-state index in [2.05, 4.69) is 19.2 Å². The van der Waals surface area contributed by atoms with E-state index in [0.29, 0.717) is 10.8 Å². The van der Waals surface area contributed by atoms with Gasteiger partial charge >= 0.3 is 0 Å². The highest BCUT2D eigenvalue weighted by Crippen LogP contribution is 2.25. The Morgan fingerprint density at radius 3 is 2.33 bits per heavy atom. The molecule has 0 unspecified atom stereocenters. The molecule has 0 aliphatic carbocycles. The molecule has 120 valence electrons. The van der Waals surface area contributed by atoms with Crippen LogP contribution in [0.25, 0.3) is 0 Å². The third kappa shape index (κ3) is 4.98. The molecular formula is C15H27N3O2S. The molecule has 0 aliphatic rings. The molecule has 0 aliphatic heterocycles. The van der Waals surface area contributed by atoms with Crippen molar-refractivity contribution in [2.45, 2.75) is 18.7 Å². The van der Waals surface area contributed by atoms with Crippen molar-refractivity contribution < 1.29 is 8.42 Å². The first-order chi connectivity index (χ1) is 9.76. The average Bonchev–Trinajstić information content (AvgIpc) is 2.43. The second-order valence-corrected chi connectivity index (χ2v) is 7.89. The summed E-state index contributed by atoms with van der Waals surface area (Å²) in [6.45, 7) is 6.87. The summed E-state index contributed by atoms with van der Waals surface area (Å²) >= 11 is 0. The van der Waals surface area contributed by atoms with Crippen LogP contribution in [0.1, 0.15) is 13.8 Å². The van der Waals surface area contributed by atoms with Crippen molar-refractivity contribution in [3.8, 4) is 0 Å². The third-order valence-electron chi connectivity index (χ3n) is 3.21. The maximum atomic E-state index is 12.4. The fourth-order valence-electron chi connectivity index (χ4n) is 1.95. The Morgan fingerprint density at radius 2 is 1.76 bits per heavy atom. The molecule has 6 heteroatoms. The lowest BCUT2D eigenvalue weighted by Gasteiger charge is -2.24. The van der Waals surface area contributed by atoms with Crippen LogP contribution in [-0.4, -0.2) is 53.5 Å². The number of likely N-dealkylation sites (N-methyl/N-ethyl adjacent to an activating group) is 1. The van der Waals surface area contributed by atoms with Crippen LogP contribution in [0.4, 0.5) is 5.69 Å². The topological polar surface area (TPSA) is 52.7 Å². The van der Waals surface area contributed by atoms with Crippen LogP contribution in [0.3, 0.4) is 0 Å². The van der Waals surface area contributed by atoms with Crippen LogP contribution < -0.4 is 10.2 Å². The molecule has 1 aromatic carbocycles. The molecule has 0 saturated carbocycles. The summed E-state index contributed by atoms with van der Waals surface area (Å²) in [4.78, 5) is 2.32. The van der Waals surface area contributed by atoms with E-state index in [-0.39, 0.29) is 0 Å². The van der Waals surface area contributed by atoms with Gasteiger partial charge in [0.2, 0.25) is 10.0 Å². The molecule has 5 nitrogen and oxygen atoms in total. The maximum Gasteiger partial charge on any atom is 0.244 e. The van der Waals surface area contributed by atoms with Gasteiger partial charge in [-0.05, 0) is 24.6 Å². The van der Waals surface area contributed by atoms with E-state index < -0.39 is 10.0 Å². The number of hydrogen-bond donors (Lipinski definition) is 1. The highest BCUT2D eigenvalue weighted by atomic mass is 32.2. The van der Waals surface area contributed by atoms with E-state index in [0.717, 1.165) is 25.3 Å². The van der Waals surface area contributed by atoms with Gasteiger partial charge in [-0.1, -0.05) is 26.0 Å². The summed E-state index contributed by atoms with van der Waals surface area (Å²) in [7, 11) is 1.60. The molecule has 0 bridgehead atoms. The normalized spacial score (nSPS) is 12.1. The van der Waals surface area contributed by atoms with Gasteiger partial charge in [-0.3, -0.25) is 0 Å². The summed E-state index contributed by atoms with van der Waals surface area (Å²) in [5, 5.41) is 3.36. The molecule has 1 rings (SSSR count). The number of sulfonamides is 1. The standard InChI is InChI=1S/C15H27N3O2S/c1-13(2)12-16-10-11-18(5)14-8-6-7-9-15(14)21(19,20)17(3)4/h6-9,13,16H,10-12H2,1-5H3. The van der Waals surface area contributed by atoms with E-state index in [1.807, 2.05) is 24.1 Å². The third-order valence-corrected chi connectivity index (χ3v) is 5.07. The Hall–Kier alpha value is -1.11. The highest BCUT2D eigenvalue weighted by Gasteiger charge is 2.22. The van der Waals surface area contributed by atoms with Crippen molar-refractivity contribution in [1.82, 2.24) is 9.62 Å². The van der Waals surface area contributed by atoms with E-state index in [1.165, 1.54) is 4.31 Å². The van der Waals surface area contributed by atoms with Gasteiger partial charge < -0.3 is 10.2 Å². The maximum absolute atomic E-state index is 12.4. The molecule has 0 spiro atoms. The fraction of sp³-hybridized carbons (Fsp3) is 0.600. The minimum atomic E-state index is -3.43. The number of benzene rings is 1. The highest BCUT2D eigenvalue weighted by molar-refractivity contribution is 7.89. The molecule has 0 amide bonds. The molecule has 1 aromatic rings. The molecule has 0 radical (unpaired) electrons. The zero-order chi connectivity index (χ0) is 16.0. The zero-order valence-electron chi connectivity index (χ0n) is 13.6. The predicted molar refractivity (Wildman–Crippen MR) is 88.3 cm³/mol. The van der Waals surface area contributed by atoms with Crippen LogP contribution in [-0.2, 0) is 10.0 Å². The van der Waals surface area contributed by atoms with E-state index >= 15 is 0 Å². The summed E-state index contributed by atoms with van der Waals surface area (Å²) in [5.41, 5.74) is 0.734. The van der Waals surface area contributed by atoms with Gasteiger partial charge in [0, 0.05) is 34.2 Å². The van der Waals surface area contributed by atoms with Gasteiger partial charge in [-0.2, -0.15) is 0 Å². The molecule has 0 saturated heterocycles. The quantitative estimate of drug-likeness (QED) is 0.741. The summed E-state index contributed by atoms with van der Waals surface area (Å²) in [6.07, 6.45) is 0. The van der Waals surface area contributed by atoms with Crippen molar-refractivity contribution >= 4 is 15.7 Å². The Morgan fingerprint density at radius 1 is 1.14 bits per heavy atom. The van der Waals surface area contributed by atoms with E-state index in [9.17, 15) is 8.42 Å². The van der Waals surface area contributed by atoms with Crippen molar-refractivity contribution in [2.24, 2.45) is 5.92 Å². The van der Waals surface area contributed by atoms with E-state index in [4.69, 9.17) is 0 Å². The number of para-hydroxylation sites is 1. The predicted octanol–water partition coefficient (Wildman–Crippen LogP) is 1.62. The van der Waals surface area contributed by atoms with Crippen molar-refractivity contribution in [3.05, 3.63) is 24.3 Å². The molecule has 0 heterocycles. The van der Waals surface area contributed by atoms with E-state index in [1.54, 1.807) is 26.2 Å². The first kappa shape index (κ1) is 17.9. The van der Waals surface area contributed by atoms with Crippen LogP contribution in [0.2, 0.25) is 0 Å². The van der Waals surface area contributed by atoms with Crippen LogP contribution in [0.15, 0.2) is 29.2 Å². The molecule has 21 heavy (non-hydrogen) atoms. The minimum Gasteiger partial charge on any atom is -0.372 e. The lowest BCUT2D eigenvalue weighted by molar-refractivity contribution is 0.520. The Bertz CT molecular complexity index is 542. The second kappa shape index (κ2) is 7.77. The van der Waals surface area contributed by atoms with Gasteiger partial charge in [0.15, 0.2) is 0 Å². The van der Waals surface area contributed by atoms with Gasteiger partial charge in [0.1, 0.15) is 4.90 Å². The zero-order valence-corrected chi connectivity index (χ0v) is 14.4. The average molecular weight is 313 g/mol. The molecule has 0 fully saturated rings. The number of nitrogens with one attached hydrogen (secondary N) is 1. The largest absolute Gasteiger partial charge is 0.372 e. The molecule has 0 aromatic heterocycles. The number of nitrogens with zero attached hydrogens (tertiary/aromatic N) is 2. The molecule has 0 atom stereocenters. The van der Waals surface area contributed by atoms with Crippen LogP contribution in [0, 0.1) is 5.92 Å². The fourth-order valence-corrected chi connectivity index (χ4v) is 3.08. The first-order valence-corrected chi connectivity index (χ1v) is 8.64.